The number of likely N-dealkylation sites (N-methyl/N-ethyl adjacent to an activating group) is 1. The van der Waals surface area contributed by atoms with E-state index < -0.39 is 0 Å². The number of piperidine rings is 1. The second kappa shape index (κ2) is 11.4. The summed E-state index contributed by atoms with van der Waals surface area (Å²) in [7, 11) is 1.70. The number of nitrogens with zero attached hydrogens (tertiary/aromatic N) is 4. The molecule has 4 heterocycles. The van der Waals surface area contributed by atoms with E-state index in [4.69, 9.17) is 4.99 Å². The molecule has 0 aromatic rings. The number of guanidine groups is 1. The minimum Gasteiger partial charge on any atom is -0.358 e. The van der Waals surface area contributed by atoms with Crippen LogP contribution in [0, 0.1) is 0 Å². The van der Waals surface area contributed by atoms with E-state index in [2.05, 4.69) is 37.6 Å². The van der Waals surface area contributed by atoms with Gasteiger partial charge in [0.2, 0.25) is 5.91 Å². The van der Waals surface area contributed by atoms with Gasteiger partial charge in [-0.15, -0.1) is 24.0 Å². The van der Waals surface area contributed by atoms with Gasteiger partial charge in [0.1, 0.15) is 0 Å². The van der Waals surface area contributed by atoms with Gasteiger partial charge in [-0.3, -0.25) is 24.5 Å². The fourth-order valence-electron chi connectivity index (χ4n) is 4.13. The molecule has 4 aliphatic rings. The Balaban J connectivity index is 0.00000261. The molecule has 9 heteroatoms. The molecule has 2 bridgehead atoms. The van der Waals surface area contributed by atoms with Crippen molar-refractivity contribution < 1.29 is 4.79 Å². The number of rotatable bonds is 6. The van der Waals surface area contributed by atoms with Gasteiger partial charge in [-0.2, -0.15) is 0 Å². The third-order valence-corrected chi connectivity index (χ3v) is 5.77. The molecule has 156 valence electrons. The average molecular weight is 493 g/mol. The van der Waals surface area contributed by atoms with E-state index in [1.165, 1.54) is 26.2 Å². The lowest BCUT2D eigenvalue weighted by atomic mass is 10.1. The Morgan fingerprint density at radius 1 is 1.11 bits per heavy atom. The molecular weight excluding hydrogens is 457 g/mol. The van der Waals surface area contributed by atoms with Crippen molar-refractivity contribution in [3.05, 3.63) is 0 Å². The van der Waals surface area contributed by atoms with Gasteiger partial charge in [-0.1, -0.05) is 0 Å². The standard InChI is InChI=1S/C18H35N7O.HI/c1-3-20-18(21-12-16-13-24-8-10-25(16)11-9-24)22-15-4-6-23(7-5-15)14-17(26)19-2;/h15-16H,3-14H2,1-2H3,(H,19,26)(H2,20,21,22);1H. The smallest absolute Gasteiger partial charge is 0.233 e. The Labute approximate surface area is 180 Å². The quantitative estimate of drug-likeness (QED) is 0.260. The third-order valence-electron chi connectivity index (χ3n) is 5.77. The molecule has 27 heavy (non-hydrogen) atoms. The van der Waals surface area contributed by atoms with E-state index in [1.807, 2.05) is 0 Å². The first-order chi connectivity index (χ1) is 12.7. The van der Waals surface area contributed by atoms with Crippen molar-refractivity contribution in [1.82, 2.24) is 30.7 Å². The highest BCUT2D eigenvalue weighted by Crippen LogP contribution is 2.16. The summed E-state index contributed by atoms with van der Waals surface area (Å²) in [6.45, 7) is 12.2. The molecule has 1 amide bonds. The van der Waals surface area contributed by atoms with Crippen LogP contribution in [-0.2, 0) is 4.79 Å². The predicted octanol–water partition coefficient (Wildman–Crippen LogP) is -0.630. The highest BCUT2D eigenvalue weighted by atomic mass is 127. The van der Waals surface area contributed by atoms with Crippen molar-refractivity contribution in [2.24, 2.45) is 4.99 Å². The van der Waals surface area contributed by atoms with Crippen molar-refractivity contribution in [2.75, 3.05) is 72.5 Å². The fraction of sp³-hybridized carbons (Fsp3) is 0.889. The topological polar surface area (TPSA) is 75.2 Å². The molecule has 0 aromatic heterocycles. The van der Waals surface area contributed by atoms with E-state index in [0.29, 0.717) is 18.6 Å². The zero-order valence-corrected chi connectivity index (χ0v) is 19.1. The van der Waals surface area contributed by atoms with Gasteiger partial charge in [0.05, 0.1) is 13.1 Å². The minimum atomic E-state index is 0. The fourth-order valence-corrected chi connectivity index (χ4v) is 4.13. The number of nitrogens with one attached hydrogen (secondary N) is 3. The number of amides is 1. The summed E-state index contributed by atoms with van der Waals surface area (Å²) in [6.07, 6.45) is 2.09. The highest BCUT2D eigenvalue weighted by Gasteiger charge is 2.31. The van der Waals surface area contributed by atoms with Crippen LogP contribution in [-0.4, -0.2) is 111 Å². The number of likely N-dealkylation sites (tertiary alicyclic amines) is 1. The normalized spacial score (nSPS) is 29.1. The average Bonchev–Trinajstić information content (AvgIpc) is 2.68. The maximum atomic E-state index is 11.5. The molecule has 8 nitrogen and oxygen atoms in total. The number of halogens is 1. The molecular formula is C18H36IN7O. The van der Waals surface area contributed by atoms with E-state index in [-0.39, 0.29) is 29.9 Å². The SMILES string of the molecule is CCNC(=NCC1CN2CCN1CC2)NC1CCN(CC(=O)NC)CC1.I. The number of piperazine rings is 3. The van der Waals surface area contributed by atoms with Crippen LogP contribution in [0.3, 0.4) is 0 Å². The monoisotopic (exact) mass is 493 g/mol. The maximum Gasteiger partial charge on any atom is 0.233 e. The summed E-state index contributed by atoms with van der Waals surface area (Å²) in [5.41, 5.74) is 0. The Morgan fingerprint density at radius 2 is 1.81 bits per heavy atom. The lowest BCUT2D eigenvalue weighted by molar-refractivity contribution is -0.122. The van der Waals surface area contributed by atoms with Crippen LogP contribution >= 0.6 is 24.0 Å². The molecule has 0 saturated carbocycles. The lowest BCUT2D eigenvalue weighted by Gasteiger charge is -2.47. The van der Waals surface area contributed by atoms with Gasteiger partial charge in [0.25, 0.3) is 0 Å². The highest BCUT2D eigenvalue weighted by molar-refractivity contribution is 14.0. The molecule has 1 atom stereocenters. The van der Waals surface area contributed by atoms with E-state index in [9.17, 15) is 4.79 Å². The van der Waals surface area contributed by atoms with Gasteiger partial charge < -0.3 is 16.0 Å². The van der Waals surface area contributed by atoms with Gasteiger partial charge in [0.15, 0.2) is 5.96 Å². The first-order valence-electron chi connectivity index (χ1n) is 10.1. The molecule has 0 aliphatic carbocycles. The Hall–Kier alpha value is -0.650. The zero-order valence-electron chi connectivity index (χ0n) is 16.7. The van der Waals surface area contributed by atoms with Crippen LogP contribution in [0.15, 0.2) is 4.99 Å². The Morgan fingerprint density at radius 3 is 2.37 bits per heavy atom. The zero-order chi connectivity index (χ0) is 18.4. The van der Waals surface area contributed by atoms with Gasteiger partial charge in [-0.25, -0.2) is 0 Å². The van der Waals surface area contributed by atoms with Crippen molar-refractivity contribution in [3.8, 4) is 0 Å². The van der Waals surface area contributed by atoms with Crippen LogP contribution in [0.5, 0.6) is 0 Å². The summed E-state index contributed by atoms with van der Waals surface area (Å²) in [4.78, 5) is 23.8. The largest absolute Gasteiger partial charge is 0.358 e. The molecule has 4 aliphatic heterocycles. The van der Waals surface area contributed by atoms with Crippen molar-refractivity contribution >= 4 is 35.8 Å². The number of carbonyl (C=O) groups excluding carboxylic acids is 1. The summed E-state index contributed by atoms with van der Waals surface area (Å²) in [5.74, 6) is 1.04. The van der Waals surface area contributed by atoms with Gasteiger partial charge in [-0.05, 0) is 19.8 Å². The molecule has 0 spiro atoms. The molecule has 0 aromatic carbocycles. The molecule has 4 saturated heterocycles. The molecule has 4 rings (SSSR count). The van der Waals surface area contributed by atoms with Gasteiger partial charge >= 0.3 is 0 Å². The number of fused-ring (bicyclic) bond motifs is 3. The lowest BCUT2D eigenvalue weighted by Crippen LogP contribution is -2.62. The van der Waals surface area contributed by atoms with Crippen molar-refractivity contribution in [1.29, 1.82) is 0 Å². The number of hydrogen-bond acceptors (Lipinski definition) is 5. The van der Waals surface area contributed by atoms with Crippen LogP contribution in [0.25, 0.3) is 0 Å². The van der Waals surface area contributed by atoms with E-state index in [0.717, 1.165) is 51.5 Å². The van der Waals surface area contributed by atoms with Crippen LogP contribution in [0.1, 0.15) is 19.8 Å². The number of hydrogen-bond donors (Lipinski definition) is 3. The summed E-state index contributed by atoms with van der Waals surface area (Å²) < 4.78 is 0. The number of aliphatic imine (C=N–C) groups is 1. The first kappa shape index (κ1) is 22.6. The van der Waals surface area contributed by atoms with Crippen LogP contribution in [0.2, 0.25) is 0 Å². The molecule has 0 radical (unpaired) electrons. The Kier molecular flexibility index (Phi) is 9.54. The molecule has 1 unspecified atom stereocenters. The molecule has 3 N–H and O–H groups in total. The maximum absolute atomic E-state index is 11.5. The first-order valence-corrected chi connectivity index (χ1v) is 10.1. The number of carbonyl (C=O) groups is 1. The van der Waals surface area contributed by atoms with Crippen molar-refractivity contribution in [2.45, 2.75) is 31.8 Å². The van der Waals surface area contributed by atoms with Crippen LogP contribution in [0.4, 0.5) is 0 Å². The van der Waals surface area contributed by atoms with E-state index in [1.54, 1.807) is 7.05 Å². The van der Waals surface area contributed by atoms with Gasteiger partial charge in [0, 0.05) is 71.5 Å². The second-order valence-corrected chi connectivity index (χ2v) is 7.58. The van der Waals surface area contributed by atoms with Crippen LogP contribution < -0.4 is 16.0 Å². The minimum absolute atomic E-state index is 0. The van der Waals surface area contributed by atoms with E-state index >= 15 is 0 Å². The summed E-state index contributed by atoms with van der Waals surface area (Å²) in [5, 5.41) is 9.70. The Bertz CT molecular complexity index is 488. The summed E-state index contributed by atoms with van der Waals surface area (Å²) in [6, 6.07) is 0.989. The molecule has 4 fully saturated rings. The predicted molar refractivity (Wildman–Crippen MR) is 120 cm³/mol. The summed E-state index contributed by atoms with van der Waals surface area (Å²) >= 11 is 0. The third kappa shape index (κ3) is 6.72. The second-order valence-electron chi connectivity index (χ2n) is 7.58. The van der Waals surface area contributed by atoms with Crippen molar-refractivity contribution in [3.63, 3.8) is 0 Å².